The largest absolute Gasteiger partial charge is 0.386 e. The number of nitrogens with zero attached hydrogens (tertiary/aromatic N) is 4. The fourth-order valence-corrected chi connectivity index (χ4v) is 5.52. The van der Waals surface area contributed by atoms with Crippen molar-refractivity contribution in [3.8, 4) is 0 Å². The minimum Gasteiger partial charge on any atom is -0.386 e. The van der Waals surface area contributed by atoms with Crippen molar-refractivity contribution in [2.24, 2.45) is 5.10 Å². The monoisotopic (exact) mass is 501 g/mol. The van der Waals surface area contributed by atoms with Crippen LogP contribution in [0, 0.1) is 12.3 Å². The van der Waals surface area contributed by atoms with Crippen LogP contribution in [0.1, 0.15) is 30.0 Å². The second-order valence-electron chi connectivity index (χ2n) is 9.26. The number of hydrogen-bond acceptors (Lipinski definition) is 5. The zero-order valence-electron chi connectivity index (χ0n) is 20.8. The van der Waals surface area contributed by atoms with Crippen molar-refractivity contribution in [2.45, 2.75) is 32.4 Å². The molecule has 0 amide bonds. The molecule has 0 bridgehead atoms. The number of fused-ring (bicyclic) bond motifs is 1. The topological polar surface area (TPSA) is 73.4 Å². The molecule has 5 rings (SSSR count). The second kappa shape index (κ2) is 10.1. The maximum Gasteiger partial charge on any atom is 0.203 e. The standard InChI is InChI=1S/C28H32ClN7/c1-19-20(7-6-8-23(19)33-32-3)18-35-25-9-4-5-10-26(25)36(28(35)30)22-13-15-34(16-14-22)27-17-21(29)11-12-24(27)31-2/h4-12,17,22,30-31,33H,3,13-16,18H2,1-2H3. The second-order valence-corrected chi connectivity index (χ2v) is 9.69. The number of benzene rings is 3. The highest BCUT2D eigenvalue weighted by Gasteiger charge is 2.25. The zero-order chi connectivity index (χ0) is 25.2. The predicted octanol–water partition coefficient (Wildman–Crippen LogP) is 5.84. The van der Waals surface area contributed by atoms with Gasteiger partial charge in [-0.25, -0.2) is 0 Å². The van der Waals surface area contributed by atoms with E-state index in [1.54, 1.807) is 0 Å². The first-order valence-corrected chi connectivity index (χ1v) is 12.7. The van der Waals surface area contributed by atoms with Crippen LogP contribution in [0.3, 0.4) is 0 Å². The van der Waals surface area contributed by atoms with Gasteiger partial charge in [0.2, 0.25) is 5.62 Å². The van der Waals surface area contributed by atoms with Gasteiger partial charge >= 0.3 is 0 Å². The Morgan fingerprint density at radius 2 is 1.78 bits per heavy atom. The third kappa shape index (κ3) is 4.35. The Morgan fingerprint density at radius 1 is 1.03 bits per heavy atom. The van der Waals surface area contributed by atoms with Crippen LogP contribution in [-0.2, 0) is 6.54 Å². The van der Waals surface area contributed by atoms with Gasteiger partial charge in [-0.05, 0) is 67.3 Å². The first-order valence-electron chi connectivity index (χ1n) is 12.3. The van der Waals surface area contributed by atoms with Gasteiger partial charge in [-0.2, -0.15) is 5.10 Å². The van der Waals surface area contributed by atoms with Crippen LogP contribution in [-0.4, -0.2) is 36.0 Å². The molecule has 3 aromatic carbocycles. The number of hydrogen-bond donors (Lipinski definition) is 3. The van der Waals surface area contributed by atoms with E-state index in [2.05, 4.69) is 73.9 Å². The van der Waals surface area contributed by atoms with E-state index in [1.807, 2.05) is 37.4 Å². The number of rotatable bonds is 7. The third-order valence-corrected chi connectivity index (χ3v) is 7.52. The molecule has 1 saturated heterocycles. The fourth-order valence-electron chi connectivity index (χ4n) is 5.36. The van der Waals surface area contributed by atoms with Crippen molar-refractivity contribution in [2.75, 3.05) is 35.8 Å². The van der Waals surface area contributed by atoms with E-state index in [-0.39, 0.29) is 6.04 Å². The molecule has 4 aromatic rings. The summed E-state index contributed by atoms with van der Waals surface area (Å²) in [5.74, 6) is 0. The summed E-state index contributed by atoms with van der Waals surface area (Å²) in [6.07, 6.45) is 1.92. The molecular formula is C28H32ClN7. The van der Waals surface area contributed by atoms with Crippen LogP contribution >= 0.6 is 11.6 Å². The molecule has 0 atom stereocenters. The van der Waals surface area contributed by atoms with Crippen LogP contribution in [0.2, 0.25) is 5.02 Å². The van der Waals surface area contributed by atoms with Gasteiger partial charge in [-0.1, -0.05) is 35.9 Å². The summed E-state index contributed by atoms with van der Waals surface area (Å²) in [5, 5.41) is 17.1. The van der Waals surface area contributed by atoms with Gasteiger partial charge in [0, 0.05) is 37.9 Å². The van der Waals surface area contributed by atoms with Crippen molar-refractivity contribution < 1.29 is 0 Å². The minimum absolute atomic E-state index is 0.260. The molecule has 1 fully saturated rings. The fraction of sp³-hybridized carbons (Fsp3) is 0.286. The van der Waals surface area contributed by atoms with Gasteiger partial charge in [0.05, 0.1) is 34.6 Å². The number of aromatic nitrogens is 2. The van der Waals surface area contributed by atoms with Gasteiger partial charge in [0.25, 0.3) is 0 Å². The lowest BCUT2D eigenvalue weighted by Crippen LogP contribution is -2.38. The van der Waals surface area contributed by atoms with E-state index >= 15 is 0 Å². The number of halogens is 1. The average Bonchev–Trinajstić information content (AvgIpc) is 3.17. The lowest BCUT2D eigenvalue weighted by atomic mass is 10.0. The summed E-state index contributed by atoms with van der Waals surface area (Å²) >= 11 is 6.31. The van der Waals surface area contributed by atoms with E-state index in [4.69, 9.17) is 11.6 Å². The molecule has 1 aromatic heterocycles. The molecular weight excluding hydrogens is 470 g/mol. The third-order valence-electron chi connectivity index (χ3n) is 7.29. The summed E-state index contributed by atoms with van der Waals surface area (Å²) in [4.78, 5) is 2.40. The molecule has 0 unspecified atom stereocenters. The quantitative estimate of drug-likeness (QED) is 0.220. The van der Waals surface area contributed by atoms with Gasteiger partial charge in [-0.15, -0.1) is 0 Å². The van der Waals surface area contributed by atoms with Crippen molar-refractivity contribution in [3.05, 3.63) is 82.4 Å². The molecule has 1 aliphatic rings. The zero-order valence-corrected chi connectivity index (χ0v) is 21.5. The number of para-hydroxylation sites is 2. The molecule has 2 heterocycles. The molecule has 0 spiro atoms. The Labute approximate surface area is 216 Å². The van der Waals surface area contributed by atoms with Crippen LogP contribution < -0.4 is 21.3 Å². The molecule has 0 aliphatic carbocycles. The SMILES string of the molecule is C=NNc1cccc(Cn2c(=N)n(C3CCN(c4cc(Cl)ccc4NC)CC3)c3ccccc32)c1C. The highest BCUT2D eigenvalue weighted by atomic mass is 35.5. The van der Waals surface area contributed by atoms with E-state index in [9.17, 15) is 5.41 Å². The molecule has 1 aliphatic heterocycles. The maximum absolute atomic E-state index is 9.21. The van der Waals surface area contributed by atoms with Crippen molar-refractivity contribution >= 4 is 46.4 Å². The van der Waals surface area contributed by atoms with Gasteiger partial charge in [0.1, 0.15) is 0 Å². The Hall–Kier alpha value is -3.71. The lowest BCUT2D eigenvalue weighted by Gasteiger charge is -2.35. The average molecular weight is 502 g/mol. The number of nitrogens with one attached hydrogen (secondary N) is 3. The number of piperidine rings is 1. The van der Waals surface area contributed by atoms with Crippen molar-refractivity contribution in [1.82, 2.24) is 9.13 Å². The van der Waals surface area contributed by atoms with Gasteiger partial charge in [0.15, 0.2) is 0 Å². The smallest absolute Gasteiger partial charge is 0.203 e. The molecule has 7 nitrogen and oxygen atoms in total. The number of imidazole rings is 1. The summed E-state index contributed by atoms with van der Waals surface area (Å²) < 4.78 is 4.34. The first-order chi connectivity index (χ1) is 17.5. The van der Waals surface area contributed by atoms with Crippen LogP contribution in [0.4, 0.5) is 17.1 Å². The summed E-state index contributed by atoms with van der Waals surface area (Å²) in [7, 11) is 1.94. The Kier molecular flexibility index (Phi) is 6.74. The predicted molar refractivity (Wildman–Crippen MR) is 151 cm³/mol. The Morgan fingerprint density at radius 3 is 2.50 bits per heavy atom. The van der Waals surface area contributed by atoms with E-state index in [0.717, 1.165) is 70.2 Å². The first kappa shape index (κ1) is 24.0. The summed E-state index contributed by atoms with van der Waals surface area (Å²) in [6.45, 7) is 8.07. The molecule has 36 heavy (non-hydrogen) atoms. The molecule has 3 N–H and O–H groups in total. The molecule has 186 valence electrons. The highest BCUT2D eigenvalue weighted by molar-refractivity contribution is 6.31. The number of anilines is 3. The molecule has 0 radical (unpaired) electrons. The van der Waals surface area contributed by atoms with Crippen LogP contribution in [0.25, 0.3) is 11.0 Å². The highest BCUT2D eigenvalue weighted by Crippen LogP contribution is 2.34. The van der Waals surface area contributed by atoms with Crippen LogP contribution in [0.5, 0.6) is 0 Å². The van der Waals surface area contributed by atoms with Gasteiger partial charge < -0.3 is 19.4 Å². The van der Waals surface area contributed by atoms with E-state index in [1.165, 1.54) is 0 Å². The van der Waals surface area contributed by atoms with Crippen molar-refractivity contribution in [3.63, 3.8) is 0 Å². The number of hydrazone groups is 1. The van der Waals surface area contributed by atoms with Crippen LogP contribution in [0.15, 0.2) is 65.8 Å². The molecule has 0 saturated carbocycles. The maximum atomic E-state index is 9.21. The van der Waals surface area contributed by atoms with E-state index in [0.29, 0.717) is 12.2 Å². The summed E-state index contributed by atoms with van der Waals surface area (Å²) in [6, 6.07) is 20.8. The lowest BCUT2D eigenvalue weighted by molar-refractivity contribution is 0.387. The van der Waals surface area contributed by atoms with Gasteiger partial charge in [-0.3, -0.25) is 10.8 Å². The Balaban J connectivity index is 1.46. The minimum atomic E-state index is 0.260. The molecule has 8 heteroatoms. The normalized spacial score (nSPS) is 14.2. The van der Waals surface area contributed by atoms with Crippen molar-refractivity contribution in [1.29, 1.82) is 5.41 Å². The van der Waals surface area contributed by atoms with E-state index < -0.39 is 0 Å². The Bertz CT molecular complexity index is 1460. The summed E-state index contributed by atoms with van der Waals surface area (Å²) in [5.41, 5.74) is 11.1.